The van der Waals surface area contributed by atoms with Crippen LogP contribution in [0.4, 0.5) is 16.2 Å². The highest BCUT2D eigenvalue weighted by Crippen LogP contribution is 2.33. The lowest BCUT2D eigenvalue weighted by Gasteiger charge is -2.36. The largest absolute Gasteiger partial charge is 0.378 e. The molecular weight excluding hydrogens is 534 g/mol. The molecule has 7 heteroatoms. The summed E-state index contributed by atoms with van der Waals surface area (Å²) in [5.41, 5.74) is 4.49. The van der Waals surface area contributed by atoms with Crippen molar-refractivity contribution in [3.05, 3.63) is 95.6 Å². The van der Waals surface area contributed by atoms with Gasteiger partial charge in [-0.25, -0.2) is 4.79 Å². The predicted octanol–water partition coefficient (Wildman–Crippen LogP) is 6.77. The van der Waals surface area contributed by atoms with Crippen LogP contribution in [0.1, 0.15) is 79.3 Å². The first-order valence-electron chi connectivity index (χ1n) is 15.9. The van der Waals surface area contributed by atoms with Gasteiger partial charge < -0.3 is 26.2 Å². The van der Waals surface area contributed by atoms with Gasteiger partial charge >= 0.3 is 6.03 Å². The summed E-state index contributed by atoms with van der Waals surface area (Å²) in [6, 6.07) is 26.9. The van der Waals surface area contributed by atoms with Gasteiger partial charge in [-0.1, -0.05) is 93.3 Å². The van der Waals surface area contributed by atoms with Crippen molar-refractivity contribution in [2.75, 3.05) is 43.9 Å². The Morgan fingerprint density at radius 1 is 0.884 bits per heavy atom. The third-order valence-corrected chi connectivity index (χ3v) is 8.40. The molecule has 43 heavy (non-hydrogen) atoms. The van der Waals surface area contributed by atoms with Crippen LogP contribution >= 0.6 is 0 Å². The van der Waals surface area contributed by atoms with Crippen LogP contribution in [0.15, 0.2) is 78.9 Å². The topological polar surface area (TPSA) is 85.5 Å². The quantitative estimate of drug-likeness (QED) is 0.158. The van der Waals surface area contributed by atoms with Gasteiger partial charge in [0.15, 0.2) is 0 Å². The van der Waals surface area contributed by atoms with Crippen LogP contribution in [0.3, 0.4) is 0 Å². The van der Waals surface area contributed by atoms with Crippen LogP contribution < -0.4 is 26.2 Å². The number of unbranched alkanes of at least 4 members (excludes halogenated alkanes) is 4. The number of piperidine rings is 1. The average molecular weight is 584 g/mol. The monoisotopic (exact) mass is 583 g/mol. The van der Waals surface area contributed by atoms with Crippen LogP contribution in [0, 0.1) is 5.92 Å². The first-order chi connectivity index (χ1) is 21.0. The summed E-state index contributed by atoms with van der Waals surface area (Å²) in [6.07, 6.45) is 7.62. The number of carbonyl (C=O) groups excluding carboxylic acids is 2. The molecule has 0 radical (unpaired) electrons. The molecule has 3 aromatic rings. The minimum Gasteiger partial charge on any atom is -0.378 e. The highest BCUT2D eigenvalue weighted by molar-refractivity contribution is 6.04. The zero-order valence-corrected chi connectivity index (χ0v) is 26.1. The molecule has 0 bridgehead atoms. The fourth-order valence-corrected chi connectivity index (χ4v) is 5.99. The molecule has 0 saturated carbocycles. The van der Waals surface area contributed by atoms with E-state index in [1.807, 2.05) is 37.2 Å². The Morgan fingerprint density at radius 3 is 2.21 bits per heavy atom. The summed E-state index contributed by atoms with van der Waals surface area (Å²) in [6.45, 7) is 4.31. The first-order valence-corrected chi connectivity index (χ1v) is 15.9. The number of rotatable bonds is 14. The molecule has 3 amide bonds. The highest BCUT2D eigenvalue weighted by Gasteiger charge is 2.30. The first kappa shape index (κ1) is 32.1. The standard InChI is InChI=1S/C36H49N5O2/c1-4-5-6-7-14-22-38-36(43)40-32-20-19-30(41(2)3)25-31(32)35(42)39-26-27-21-23-37-33(24-27)34(28-15-10-8-11-16-28)29-17-12-9-13-18-29/h8-13,15-20,25,27,33-34,37H,4-7,14,21-24,26H2,1-3H3,(H,39,42)(H2,38,40,43). The number of hydrogen-bond donors (Lipinski definition) is 4. The lowest BCUT2D eigenvalue weighted by atomic mass is 9.78. The van der Waals surface area contributed by atoms with Crippen molar-refractivity contribution in [1.82, 2.24) is 16.0 Å². The van der Waals surface area contributed by atoms with Crippen molar-refractivity contribution in [3.8, 4) is 0 Å². The molecule has 3 aromatic carbocycles. The number of carbonyl (C=O) groups is 2. The second kappa shape index (κ2) is 16.7. The maximum Gasteiger partial charge on any atom is 0.319 e. The number of benzene rings is 3. The van der Waals surface area contributed by atoms with E-state index in [0.717, 1.165) is 37.9 Å². The van der Waals surface area contributed by atoms with E-state index in [9.17, 15) is 9.59 Å². The zero-order chi connectivity index (χ0) is 30.4. The Kier molecular flexibility index (Phi) is 12.5. The third kappa shape index (κ3) is 9.58. The molecule has 7 nitrogen and oxygen atoms in total. The average Bonchev–Trinajstić information content (AvgIpc) is 3.03. The lowest BCUT2D eigenvalue weighted by Crippen LogP contribution is -2.45. The van der Waals surface area contributed by atoms with E-state index in [0.29, 0.717) is 30.3 Å². The summed E-state index contributed by atoms with van der Waals surface area (Å²) in [5, 5.41) is 12.8. The molecule has 0 aliphatic carbocycles. The fraction of sp³-hybridized carbons (Fsp3) is 0.444. The van der Waals surface area contributed by atoms with Gasteiger partial charge in [-0.15, -0.1) is 0 Å². The van der Waals surface area contributed by atoms with Gasteiger partial charge in [-0.2, -0.15) is 0 Å². The van der Waals surface area contributed by atoms with Crippen LogP contribution in [-0.2, 0) is 0 Å². The fourth-order valence-electron chi connectivity index (χ4n) is 5.99. The van der Waals surface area contributed by atoms with E-state index in [1.165, 1.54) is 30.4 Å². The Labute approximate surface area is 257 Å². The van der Waals surface area contributed by atoms with Crippen molar-refractivity contribution in [2.45, 2.75) is 63.8 Å². The number of nitrogens with zero attached hydrogens (tertiary/aromatic N) is 1. The summed E-state index contributed by atoms with van der Waals surface area (Å²) in [7, 11) is 3.89. The van der Waals surface area contributed by atoms with Crippen molar-refractivity contribution >= 4 is 23.3 Å². The number of nitrogens with one attached hydrogen (secondary N) is 4. The smallest absolute Gasteiger partial charge is 0.319 e. The molecule has 1 aliphatic rings. The predicted molar refractivity (Wildman–Crippen MR) is 178 cm³/mol. The Bertz CT molecular complexity index is 1240. The molecule has 1 heterocycles. The zero-order valence-electron chi connectivity index (χ0n) is 26.1. The van der Waals surface area contributed by atoms with Gasteiger partial charge in [0.25, 0.3) is 5.91 Å². The number of anilines is 2. The van der Waals surface area contributed by atoms with Gasteiger partial charge in [0.2, 0.25) is 0 Å². The summed E-state index contributed by atoms with van der Waals surface area (Å²) in [5.74, 6) is 0.407. The van der Waals surface area contributed by atoms with Gasteiger partial charge in [0.1, 0.15) is 0 Å². The van der Waals surface area contributed by atoms with E-state index in [1.54, 1.807) is 0 Å². The van der Waals surface area contributed by atoms with Gasteiger partial charge in [-0.05, 0) is 61.1 Å². The molecule has 1 saturated heterocycles. The molecule has 0 aromatic heterocycles. The maximum atomic E-state index is 13.6. The number of amides is 3. The molecule has 2 atom stereocenters. The summed E-state index contributed by atoms with van der Waals surface area (Å²) < 4.78 is 0. The van der Waals surface area contributed by atoms with Crippen LogP contribution in [0.5, 0.6) is 0 Å². The number of urea groups is 1. The van der Waals surface area contributed by atoms with Crippen molar-refractivity contribution < 1.29 is 9.59 Å². The SMILES string of the molecule is CCCCCCCNC(=O)Nc1ccc(N(C)C)cc1C(=O)NCC1CCNC(C(c2ccccc2)c2ccccc2)C1. The van der Waals surface area contributed by atoms with Crippen LogP contribution in [-0.4, -0.2) is 51.7 Å². The van der Waals surface area contributed by atoms with Crippen LogP contribution in [0.25, 0.3) is 0 Å². The Hall–Kier alpha value is -3.84. The van der Waals surface area contributed by atoms with Gasteiger partial charge in [0.05, 0.1) is 11.3 Å². The van der Waals surface area contributed by atoms with E-state index in [2.05, 4.69) is 88.9 Å². The molecular formula is C36H49N5O2. The molecule has 4 N–H and O–H groups in total. The summed E-state index contributed by atoms with van der Waals surface area (Å²) in [4.78, 5) is 28.2. The third-order valence-electron chi connectivity index (χ3n) is 8.40. The van der Waals surface area contributed by atoms with Crippen molar-refractivity contribution in [2.24, 2.45) is 5.92 Å². The van der Waals surface area contributed by atoms with Crippen molar-refractivity contribution in [1.29, 1.82) is 0 Å². The molecule has 1 aliphatic heterocycles. The molecule has 2 unspecified atom stereocenters. The van der Waals surface area contributed by atoms with Gasteiger partial charge in [-0.3, -0.25) is 4.79 Å². The van der Waals surface area contributed by atoms with E-state index >= 15 is 0 Å². The minimum atomic E-state index is -0.281. The normalized spacial score (nSPS) is 16.5. The molecule has 1 fully saturated rings. The second-order valence-corrected chi connectivity index (χ2v) is 11.9. The lowest BCUT2D eigenvalue weighted by molar-refractivity contribution is 0.0942. The summed E-state index contributed by atoms with van der Waals surface area (Å²) >= 11 is 0. The molecule has 4 rings (SSSR count). The van der Waals surface area contributed by atoms with Gasteiger partial charge in [0, 0.05) is 44.8 Å². The second-order valence-electron chi connectivity index (χ2n) is 11.9. The van der Waals surface area contributed by atoms with E-state index < -0.39 is 0 Å². The minimum absolute atomic E-state index is 0.170. The Balaban J connectivity index is 1.40. The Morgan fingerprint density at radius 2 is 1.56 bits per heavy atom. The number of hydrogen-bond acceptors (Lipinski definition) is 4. The molecule has 0 spiro atoms. The maximum absolute atomic E-state index is 13.6. The molecule has 230 valence electrons. The van der Waals surface area contributed by atoms with E-state index in [4.69, 9.17) is 0 Å². The van der Waals surface area contributed by atoms with E-state index in [-0.39, 0.29) is 23.9 Å². The highest BCUT2D eigenvalue weighted by atomic mass is 16.2. The van der Waals surface area contributed by atoms with Crippen molar-refractivity contribution in [3.63, 3.8) is 0 Å². The van der Waals surface area contributed by atoms with Crippen LogP contribution in [0.2, 0.25) is 0 Å².